The molecule has 5 rings (SSSR count). The predicted octanol–water partition coefficient (Wildman–Crippen LogP) is 5.11. The summed E-state index contributed by atoms with van der Waals surface area (Å²) in [5, 5.41) is 4.29. The van der Waals surface area contributed by atoms with Crippen molar-refractivity contribution in [3.63, 3.8) is 0 Å². The lowest BCUT2D eigenvalue weighted by Crippen LogP contribution is -2.35. The molecule has 2 heterocycles. The average Bonchev–Trinajstić information content (AvgIpc) is 3.05. The van der Waals surface area contributed by atoms with Gasteiger partial charge in [-0.05, 0) is 37.1 Å². The van der Waals surface area contributed by atoms with Crippen LogP contribution in [0.25, 0.3) is 33.1 Å². The second-order valence-corrected chi connectivity index (χ2v) is 7.81. The van der Waals surface area contributed by atoms with Crippen molar-refractivity contribution >= 4 is 39.0 Å². The van der Waals surface area contributed by atoms with Crippen LogP contribution in [0, 0.1) is 0 Å². The van der Waals surface area contributed by atoms with Gasteiger partial charge in [-0.25, -0.2) is 9.97 Å². The summed E-state index contributed by atoms with van der Waals surface area (Å²) in [7, 11) is 0. The first-order valence-corrected chi connectivity index (χ1v) is 10.3. The molecule has 0 saturated heterocycles. The number of nitrogens with one attached hydrogen (secondary N) is 2. The molecule has 0 atom stereocenters. The minimum atomic E-state index is -0.00621. The molecule has 1 saturated carbocycles. The average molecular weight is 372 g/mol. The number of rotatable bonds is 2. The Bertz CT molecular complexity index is 1160. The van der Waals surface area contributed by atoms with E-state index >= 15 is 0 Å². The van der Waals surface area contributed by atoms with Gasteiger partial charge in [0.1, 0.15) is 5.52 Å². The Morgan fingerprint density at radius 3 is 2.57 bits per heavy atom. The fourth-order valence-electron chi connectivity index (χ4n) is 4.27. The molecule has 0 unspecified atom stereocenters. The molecule has 0 spiro atoms. The van der Waals surface area contributed by atoms with E-state index in [9.17, 15) is 4.79 Å². The number of fused-ring (bicyclic) bond motifs is 4. The van der Waals surface area contributed by atoms with Crippen LogP contribution in [-0.2, 0) is 0 Å². The topological polar surface area (TPSA) is 70.7 Å². The maximum Gasteiger partial charge on any atom is 0.251 e. The molecular weight excluding hydrogens is 348 g/mol. The standard InChI is InChI=1S/C23H24N4O/c28-23(24-16-8-4-2-1-3-5-9-16)15-12-13-19-20(14-15)25-21-17-10-6-7-11-18(17)26-22(21)27-19/h6-7,10-14,16H,1-5,8-9H2,(H,24,28)(H,26,27). The second-order valence-electron chi connectivity index (χ2n) is 7.81. The molecule has 1 aliphatic rings. The Hall–Kier alpha value is -2.95. The summed E-state index contributed by atoms with van der Waals surface area (Å²) < 4.78 is 0. The van der Waals surface area contributed by atoms with E-state index in [1.807, 2.05) is 42.5 Å². The Morgan fingerprint density at radius 1 is 0.929 bits per heavy atom. The third-order valence-corrected chi connectivity index (χ3v) is 5.80. The Balaban J connectivity index is 1.47. The van der Waals surface area contributed by atoms with E-state index in [-0.39, 0.29) is 11.9 Å². The van der Waals surface area contributed by atoms with E-state index in [1.54, 1.807) is 0 Å². The zero-order chi connectivity index (χ0) is 18.9. The van der Waals surface area contributed by atoms with Gasteiger partial charge in [0.2, 0.25) is 0 Å². The normalized spacial score (nSPS) is 16.3. The molecule has 1 amide bonds. The van der Waals surface area contributed by atoms with Crippen LogP contribution < -0.4 is 5.32 Å². The first-order valence-electron chi connectivity index (χ1n) is 10.3. The Morgan fingerprint density at radius 2 is 1.71 bits per heavy atom. The molecule has 5 nitrogen and oxygen atoms in total. The molecule has 2 aromatic carbocycles. The number of carbonyl (C=O) groups is 1. The number of carbonyl (C=O) groups excluding carboxylic acids is 1. The lowest BCUT2D eigenvalue weighted by Gasteiger charge is -2.21. The van der Waals surface area contributed by atoms with Gasteiger partial charge >= 0.3 is 0 Å². The van der Waals surface area contributed by atoms with E-state index in [0.29, 0.717) is 5.56 Å². The van der Waals surface area contributed by atoms with Gasteiger partial charge in [0, 0.05) is 22.5 Å². The second kappa shape index (κ2) is 7.23. The molecule has 28 heavy (non-hydrogen) atoms. The molecule has 142 valence electrons. The monoisotopic (exact) mass is 372 g/mol. The van der Waals surface area contributed by atoms with Gasteiger partial charge in [-0.1, -0.05) is 50.3 Å². The Labute approximate surface area is 163 Å². The van der Waals surface area contributed by atoms with Gasteiger partial charge in [0.15, 0.2) is 5.65 Å². The summed E-state index contributed by atoms with van der Waals surface area (Å²) >= 11 is 0. The summed E-state index contributed by atoms with van der Waals surface area (Å²) in [6, 6.07) is 13.9. The highest BCUT2D eigenvalue weighted by molar-refractivity contribution is 6.06. The van der Waals surface area contributed by atoms with Crippen LogP contribution in [0.15, 0.2) is 42.5 Å². The summed E-state index contributed by atoms with van der Waals surface area (Å²) in [6.45, 7) is 0. The van der Waals surface area contributed by atoms with Crippen molar-refractivity contribution in [1.29, 1.82) is 0 Å². The summed E-state index contributed by atoms with van der Waals surface area (Å²) in [6.07, 6.45) is 8.44. The van der Waals surface area contributed by atoms with Crippen molar-refractivity contribution in [2.24, 2.45) is 0 Å². The number of benzene rings is 2. The first-order chi connectivity index (χ1) is 13.8. The van der Waals surface area contributed by atoms with Crippen molar-refractivity contribution in [3.05, 3.63) is 48.0 Å². The van der Waals surface area contributed by atoms with Crippen molar-refractivity contribution in [3.8, 4) is 0 Å². The number of hydrogen-bond donors (Lipinski definition) is 2. The molecule has 4 aromatic rings. The molecule has 5 heteroatoms. The van der Waals surface area contributed by atoms with Crippen molar-refractivity contribution in [2.45, 2.75) is 51.0 Å². The number of para-hydroxylation sites is 1. The van der Waals surface area contributed by atoms with Crippen molar-refractivity contribution in [1.82, 2.24) is 20.3 Å². The number of hydrogen-bond acceptors (Lipinski definition) is 3. The van der Waals surface area contributed by atoms with Gasteiger partial charge in [-0.3, -0.25) is 4.79 Å². The molecule has 2 N–H and O–H groups in total. The van der Waals surface area contributed by atoms with Crippen LogP contribution in [-0.4, -0.2) is 26.9 Å². The third kappa shape index (κ3) is 3.21. The largest absolute Gasteiger partial charge is 0.349 e. The van der Waals surface area contributed by atoms with E-state index in [2.05, 4.69) is 10.3 Å². The maximum atomic E-state index is 12.8. The van der Waals surface area contributed by atoms with Crippen LogP contribution in [0.5, 0.6) is 0 Å². The fraction of sp³-hybridized carbons (Fsp3) is 0.348. The first kappa shape index (κ1) is 17.2. The zero-order valence-corrected chi connectivity index (χ0v) is 15.9. The molecule has 1 aliphatic carbocycles. The lowest BCUT2D eigenvalue weighted by atomic mass is 9.96. The van der Waals surface area contributed by atoms with Gasteiger partial charge in [-0.2, -0.15) is 0 Å². The molecule has 0 bridgehead atoms. The predicted molar refractivity (Wildman–Crippen MR) is 112 cm³/mol. The summed E-state index contributed by atoms with van der Waals surface area (Å²) in [4.78, 5) is 25.6. The smallest absolute Gasteiger partial charge is 0.251 e. The van der Waals surface area contributed by atoms with Crippen LogP contribution in [0.4, 0.5) is 0 Å². The maximum absolute atomic E-state index is 12.8. The number of aromatic amines is 1. The Kier molecular flexibility index (Phi) is 4.43. The van der Waals surface area contributed by atoms with Crippen LogP contribution in [0.2, 0.25) is 0 Å². The van der Waals surface area contributed by atoms with Gasteiger partial charge in [0.05, 0.1) is 11.0 Å². The van der Waals surface area contributed by atoms with Crippen molar-refractivity contribution < 1.29 is 4.79 Å². The van der Waals surface area contributed by atoms with E-state index < -0.39 is 0 Å². The van der Waals surface area contributed by atoms with Crippen molar-refractivity contribution in [2.75, 3.05) is 0 Å². The van der Waals surface area contributed by atoms with Gasteiger partial charge in [0.25, 0.3) is 5.91 Å². The van der Waals surface area contributed by atoms with Gasteiger partial charge < -0.3 is 10.3 Å². The van der Waals surface area contributed by atoms with Gasteiger partial charge in [-0.15, -0.1) is 0 Å². The molecule has 1 fully saturated rings. The highest BCUT2D eigenvalue weighted by Gasteiger charge is 2.16. The SMILES string of the molecule is O=C(NC1CCCCCCC1)c1ccc2nc3[nH]c4ccccc4c3nc2c1. The van der Waals surface area contributed by atoms with Crippen LogP contribution >= 0.6 is 0 Å². The third-order valence-electron chi connectivity index (χ3n) is 5.80. The molecular formula is C23H24N4O. The van der Waals surface area contributed by atoms with E-state index in [4.69, 9.17) is 9.97 Å². The zero-order valence-electron chi connectivity index (χ0n) is 15.9. The van der Waals surface area contributed by atoms with E-state index in [1.165, 1.54) is 32.1 Å². The van der Waals surface area contributed by atoms with Crippen LogP contribution in [0.1, 0.15) is 55.3 Å². The highest BCUT2D eigenvalue weighted by atomic mass is 16.1. The highest BCUT2D eigenvalue weighted by Crippen LogP contribution is 2.25. The number of aromatic nitrogens is 3. The molecule has 0 aliphatic heterocycles. The summed E-state index contributed by atoms with van der Waals surface area (Å²) in [5.74, 6) is -0.00621. The molecule has 2 aromatic heterocycles. The van der Waals surface area contributed by atoms with Crippen LogP contribution in [0.3, 0.4) is 0 Å². The number of H-pyrrole nitrogens is 1. The minimum Gasteiger partial charge on any atom is -0.349 e. The van der Waals surface area contributed by atoms with E-state index in [0.717, 1.165) is 45.9 Å². The minimum absolute atomic E-state index is 0.00621. The quantitative estimate of drug-likeness (QED) is 0.514. The number of nitrogens with zero attached hydrogens (tertiary/aromatic N) is 2. The summed E-state index contributed by atoms with van der Waals surface area (Å²) in [5.41, 5.74) is 4.85. The molecule has 0 radical (unpaired) electrons. The fourth-order valence-corrected chi connectivity index (χ4v) is 4.27. The number of amides is 1. The lowest BCUT2D eigenvalue weighted by molar-refractivity contribution is 0.0930.